The Hall–Kier alpha value is -2.77. The molecule has 7 heteroatoms. The van der Waals surface area contributed by atoms with E-state index >= 15 is 0 Å². The molecule has 1 fully saturated rings. The predicted octanol–water partition coefficient (Wildman–Crippen LogP) is 3.68. The molecule has 4 rings (SSSR count). The van der Waals surface area contributed by atoms with Gasteiger partial charge in [0, 0.05) is 32.3 Å². The first kappa shape index (κ1) is 23.4. The number of nitrogens with zero attached hydrogens (tertiary/aromatic N) is 1. The molecule has 0 bridgehead atoms. The highest BCUT2D eigenvalue weighted by molar-refractivity contribution is 5.81. The van der Waals surface area contributed by atoms with E-state index in [1.807, 2.05) is 63.2 Å². The van der Waals surface area contributed by atoms with Gasteiger partial charge in [-0.3, -0.25) is 9.69 Å². The molecule has 1 saturated heterocycles. The van der Waals surface area contributed by atoms with Gasteiger partial charge in [-0.2, -0.15) is 0 Å². The van der Waals surface area contributed by atoms with Crippen molar-refractivity contribution >= 4 is 5.91 Å². The zero-order valence-electron chi connectivity index (χ0n) is 19.7. The number of fused-ring (bicyclic) bond motifs is 1. The molecule has 0 radical (unpaired) electrons. The van der Waals surface area contributed by atoms with Crippen LogP contribution in [0.1, 0.15) is 37.8 Å². The molecule has 178 valence electrons. The average Bonchev–Trinajstić information content (AvgIpc) is 3.44. The largest absolute Gasteiger partial charge is 0.479 e. The topological polar surface area (TPSA) is 69.3 Å². The van der Waals surface area contributed by atoms with E-state index in [4.69, 9.17) is 18.9 Å². The smallest absolute Gasteiger partial charge is 0.262 e. The van der Waals surface area contributed by atoms with E-state index in [2.05, 4.69) is 10.2 Å². The highest BCUT2D eigenvalue weighted by atomic mass is 16.7. The average molecular weight is 455 g/mol. The van der Waals surface area contributed by atoms with Crippen LogP contribution in [0.15, 0.2) is 42.5 Å². The van der Waals surface area contributed by atoms with Gasteiger partial charge in [0.05, 0.1) is 6.10 Å². The normalized spacial score (nSPS) is 18.0. The van der Waals surface area contributed by atoms with Crippen molar-refractivity contribution in [2.75, 3.05) is 26.5 Å². The van der Waals surface area contributed by atoms with Gasteiger partial charge in [0.1, 0.15) is 5.75 Å². The van der Waals surface area contributed by atoms with Crippen LogP contribution in [0.25, 0.3) is 0 Å². The molecular formula is C26H34N2O5. The van der Waals surface area contributed by atoms with Crippen LogP contribution in [0, 0.1) is 6.92 Å². The number of hydrogen-bond acceptors (Lipinski definition) is 6. The molecule has 1 amide bonds. The Morgan fingerprint density at radius 3 is 2.79 bits per heavy atom. The number of hydrogen-bond donors (Lipinski definition) is 1. The fraction of sp³-hybridized carbons (Fsp3) is 0.500. The van der Waals surface area contributed by atoms with Gasteiger partial charge in [-0.15, -0.1) is 0 Å². The van der Waals surface area contributed by atoms with Crippen molar-refractivity contribution in [3.8, 4) is 17.2 Å². The van der Waals surface area contributed by atoms with E-state index in [1.54, 1.807) is 0 Å². The number of carbonyl (C=O) groups is 1. The quantitative estimate of drug-likeness (QED) is 0.591. The minimum absolute atomic E-state index is 0.0292. The van der Waals surface area contributed by atoms with Gasteiger partial charge in [0.2, 0.25) is 6.79 Å². The van der Waals surface area contributed by atoms with E-state index in [9.17, 15) is 4.79 Å². The van der Waals surface area contributed by atoms with Crippen molar-refractivity contribution in [1.82, 2.24) is 10.2 Å². The van der Waals surface area contributed by atoms with Gasteiger partial charge < -0.3 is 24.3 Å². The molecule has 7 nitrogen and oxygen atoms in total. The third-order valence-corrected chi connectivity index (χ3v) is 5.74. The second-order valence-corrected chi connectivity index (χ2v) is 9.10. The molecule has 2 aliphatic heterocycles. The van der Waals surface area contributed by atoms with Crippen molar-refractivity contribution in [1.29, 1.82) is 0 Å². The SMILES string of the molecule is Cc1cccc(OC(CN(Cc2ccc3c(c2)OCO3)CC2CCCO2)C(=O)NC(C)C)c1. The number of benzene rings is 2. The third-order valence-electron chi connectivity index (χ3n) is 5.74. The summed E-state index contributed by atoms with van der Waals surface area (Å²) in [6.07, 6.45) is 1.61. The molecule has 2 atom stereocenters. The maximum Gasteiger partial charge on any atom is 0.262 e. The van der Waals surface area contributed by atoms with E-state index in [0.29, 0.717) is 18.8 Å². The molecule has 0 saturated carbocycles. The summed E-state index contributed by atoms with van der Waals surface area (Å²) in [6, 6.07) is 13.8. The number of aryl methyl sites for hydroxylation is 1. The first-order valence-electron chi connectivity index (χ1n) is 11.7. The first-order valence-corrected chi connectivity index (χ1v) is 11.7. The van der Waals surface area contributed by atoms with Crippen molar-refractivity contribution in [3.05, 3.63) is 53.6 Å². The molecule has 2 aliphatic rings. The van der Waals surface area contributed by atoms with Crippen LogP contribution in [0.2, 0.25) is 0 Å². The summed E-state index contributed by atoms with van der Waals surface area (Å²) in [4.78, 5) is 15.3. The monoisotopic (exact) mass is 454 g/mol. The van der Waals surface area contributed by atoms with Crippen LogP contribution in [0.3, 0.4) is 0 Å². The molecule has 2 heterocycles. The fourth-order valence-electron chi connectivity index (χ4n) is 4.22. The molecule has 33 heavy (non-hydrogen) atoms. The zero-order chi connectivity index (χ0) is 23.2. The lowest BCUT2D eigenvalue weighted by Gasteiger charge is -2.30. The Morgan fingerprint density at radius 1 is 1.18 bits per heavy atom. The Morgan fingerprint density at radius 2 is 2.03 bits per heavy atom. The first-order chi connectivity index (χ1) is 16.0. The number of rotatable bonds is 10. The lowest BCUT2D eigenvalue weighted by molar-refractivity contribution is -0.129. The summed E-state index contributed by atoms with van der Waals surface area (Å²) in [7, 11) is 0. The maximum atomic E-state index is 13.1. The summed E-state index contributed by atoms with van der Waals surface area (Å²) in [6.45, 7) is 8.80. The Labute approximate surface area is 196 Å². The Kier molecular flexibility index (Phi) is 7.73. The third kappa shape index (κ3) is 6.62. The van der Waals surface area contributed by atoms with Gasteiger partial charge in [-0.1, -0.05) is 18.2 Å². The van der Waals surface area contributed by atoms with E-state index in [-0.39, 0.29) is 24.8 Å². The maximum absolute atomic E-state index is 13.1. The lowest BCUT2D eigenvalue weighted by atomic mass is 10.1. The summed E-state index contributed by atoms with van der Waals surface area (Å²) >= 11 is 0. The van der Waals surface area contributed by atoms with E-state index < -0.39 is 6.10 Å². The van der Waals surface area contributed by atoms with Crippen LogP contribution in [-0.2, 0) is 16.1 Å². The number of carbonyl (C=O) groups excluding carboxylic acids is 1. The van der Waals surface area contributed by atoms with Gasteiger partial charge in [-0.05, 0) is 69.0 Å². The van der Waals surface area contributed by atoms with Gasteiger partial charge >= 0.3 is 0 Å². The van der Waals surface area contributed by atoms with Gasteiger partial charge in [-0.25, -0.2) is 0 Å². The highest BCUT2D eigenvalue weighted by Crippen LogP contribution is 2.33. The fourth-order valence-corrected chi connectivity index (χ4v) is 4.22. The van der Waals surface area contributed by atoms with E-state index in [0.717, 1.165) is 48.6 Å². The molecule has 2 aromatic rings. The van der Waals surface area contributed by atoms with Crippen LogP contribution in [0.4, 0.5) is 0 Å². The number of ether oxygens (including phenoxy) is 4. The molecule has 0 spiro atoms. The van der Waals surface area contributed by atoms with Crippen molar-refractivity contribution in [2.45, 2.75) is 58.4 Å². The lowest BCUT2D eigenvalue weighted by Crippen LogP contribution is -2.49. The van der Waals surface area contributed by atoms with Crippen molar-refractivity contribution in [3.63, 3.8) is 0 Å². The molecule has 2 unspecified atom stereocenters. The summed E-state index contributed by atoms with van der Waals surface area (Å²) in [5.74, 6) is 2.10. The zero-order valence-corrected chi connectivity index (χ0v) is 19.7. The standard InChI is InChI=1S/C26H34N2O5/c1-18(2)27-26(29)25(33-21-7-4-6-19(3)12-21)16-28(15-22-8-5-11-30-22)14-20-9-10-23-24(13-20)32-17-31-23/h4,6-7,9-10,12-13,18,22,25H,5,8,11,14-17H2,1-3H3,(H,27,29). The van der Waals surface area contributed by atoms with E-state index in [1.165, 1.54) is 0 Å². The minimum atomic E-state index is -0.649. The van der Waals surface area contributed by atoms with Crippen LogP contribution >= 0.6 is 0 Å². The van der Waals surface area contributed by atoms with Crippen molar-refractivity contribution in [2.24, 2.45) is 0 Å². The second kappa shape index (κ2) is 10.9. The number of nitrogens with one attached hydrogen (secondary N) is 1. The predicted molar refractivity (Wildman–Crippen MR) is 126 cm³/mol. The Bertz CT molecular complexity index is 942. The van der Waals surface area contributed by atoms with Crippen molar-refractivity contribution < 1.29 is 23.7 Å². The van der Waals surface area contributed by atoms with Crippen LogP contribution < -0.4 is 19.5 Å². The summed E-state index contributed by atoms with van der Waals surface area (Å²) in [5.41, 5.74) is 2.18. The molecule has 0 aliphatic carbocycles. The Balaban J connectivity index is 1.53. The molecule has 2 aromatic carbocycles. The molecule has 0 aromatic heterocycles. The molecule has 1 N–H and O–H groups in total. The second-order valence-electron chi connectivity index (χ2n) is 9.10. The van der Waals surface area contributed by atoms with Gasteiger partial charge in [0.25, 0.3) is 5.91 Å². The summed E-state index contributed by atoms with van der Waals surface area (Å²) < 4.78 is 23.1. The van der Waals surface area contributed by atoms with Crippen LogP contribution in [0.5, 0.6) is 17.2 Å². The summed E-state index contributed by atoms with van der Waals surface area (Å²) in [5, 5.41) is 3.02. The molecular weight excluding hydrogens is 420 g/mol. The minimum Gasteiger partial charge on any atom is -0.479 e. The van der Waals surface area contributed by atoms with Crippen LogP contribution in [-0.4, -0.2) is 55.5 Å². The van der Waals surface area contributed by atoms with Gasteiger partial charge in [0.15, 0.2) is 17.6 Å². The highest BCUT2D eigenvalue weighted by Gasteiger charge is 2.28. The number of amides is 1.